The van der Waals surface area contributed by atoms with Crippen molar-refractivity contribution < 1.29 is 9.36 Å². The molecular formula is C20H24N4O3S. The van der Waals surface area contributed by atoms with Gasteiger partial charge in [0.1, 0.15) is 0 Å². The maximum atomic E-state index is 11.5. The van der Waals surface area contributed by atoms with Gasteiger partial charge in [0, 0.05) is 10.4 Å². The monoisotopic (exact) mass is 400 g/mol. The average molecular weight is 401 g/mol. The summed E-state index contributed by atoms with van der Waals surface area (Å²) in [5.74, 6) is -0.394. The zero-order valence-electron chi connectivity index (χ0n) is 17.2. The summed E-state index contributed by atoms with van der Waals surface area (Å²) in [6.07, 6.45) is 0. The Bertz CT molecular complexity index is 1090. The van der Waals surface area contributed by atoms with Gasteiger partial charge < -0.3 is 4.84 Å². The lowest BCUT2D eigenvalue weighted by molar-refractivity contribution is 0.128. The summed E-state index contributed by atoms with van der Waals surface area (Å²) in [6.45, 7) is 14.5. The smallest absolute Gasteiger partial charge is 0.389 e. The molecule has 0 bridgehead atoms. The Morgan fingerprint density at radius 2 is 1.64 bits per heavy atom. The first kappa shape index (κ1) is 20.0. The fourth-order valence-corrected chi connectivity index (χ4v) is 4.08. The third-order valence-corrected chi connectivity index (χ3v) is 6.19. The Labute approximate surface area is 167 Å². The predicted octanol–water partition coefficient (Wildman–Crippen LogP) is 3.95. The standard InChI is InChI=1S/C20H24N4O3S/c1-9-10(2)12(4)17(13(5)11(9)3)18(19-22-20(25)27-24-19)23-26-8-16-14(6)28-15(7)21-16/h8H2,1-7H3,(H,22,24,25). The fraction of sp³-hybridized carbons (Fsp3) is 0.400. The zero-order chi connectivity index (χ0) is 20.6. The molecule has 0 spiro atoms. The molecule has 1 N–H and O–H groups in total. The topological polar surface area (TPSA) is 93.4 Å². The van der Waals surface area contributed by atoms with Gasteiger partial charge in [-0.25, -0.2) is 9.78 Å². The van der Waals surface area contributed by atoms with E-state index >= 15 is 0 Å². The van der Waals surface area contributed by atoms with E-state index in [0.717, 1.165) is 32.3 Å². The van der Waals surface area contributed by atoms with E-state index < -0.39 is 5.76 Å². The van der Waals surface area contributed by atoms with E-state index in [9.17, 15) is 4.79 Å². The Morgan fingerprint density at radius 3 is 2.14 bits per heavy atom. The molecule has 7 nitrogen and oxygen atoms in total. The molecule has 0 saturated heterocycles. The minimum Gasteiger partial charge on any atom is -0.389 e. The van der Waals surface area contributed by atoms with Crippen molar-refractivity contribution in [1.82, 2.24) is 15.1 Å². The average Bonchev–Trinajstić information content (AvgIpc) is 3.21. The Morgan fingerprint density at radius 1 is 1.04 bits per heavy atom. The van der Waals surface area contributed by atoms with Crippen LogP contribution in [0.1, 0.15) is 54.8 Å². The SMILES string of the molecule is Cc1nc(CON=C(c2noc(=O)[nH]2)c2c(C)c(C)c(C)c(C)c2C)c(C)s1. The summed E-state index contributed by atoms with van der Waals surface area (Å²) in [5.41, 5.74) is 7.88. The maximum absolute atomic E-state index is 11.5. The number of nitrogens with zero attached hydrogens (tertiary/aromatic N) is 3. The lowest BCUT2D eigenvalue weighted by atomic mass is 9.87. The van der Waals surface area contributed by atoms with Crippen LogP contribution in [0.15, 0.2) is 14.5 Å². The molecule has 0 fully saturated rings. The summed E-state index contributed by atoms with van der Waals surface area (Å²) in [6, 6.07) is 0. The van der Waals surface area contributed by atoms with Gasteiger partial charge in [-0.1, -0.05) is 10.3 Å². The first-order valence-electron chi connectivity index (χ1n) is 8.97. The second kappa shape index (κ2) is 7.71. The molecule has 8 heteroatoms. The van der Waals surface area contributed by atoms with Gasteiger partial charge in [-0.2, -0.15) is 0 Å². The Kier molecular flexibility index (Phi) is 5.51. The molecule has 0 aliphatic rings. The normalized spacial score (nSPS) is 11.9. The minimum absolute atomic E-state index is 0.240. The molecule has 3 aromatic rings. The molecule has 0 saturated carbocycles. The number of hydrogen-bond acceptors (Lipinski definition) is 7. The van der Waals surface area contributed by atoms with Crippen LogP contribution in [0.2, 0.25) is 0 Å². The Balaban J connectivity index is 2.09. The van der Waals surface area contributed by atoms with Crippen molar-refractivity contribution in [2.75, 3.05) is 0 Å². The van der Waals surface area contributed by atoms with Crippen LogP contribution in [0.25, 0.3) is 0 Å². The summed E-state index contributed by atoms with van der Waals surface area (Å²) in [7, 11) is 0. The number of hydrogen-bond donors (Lipinski definition) is 1. The van der Waals surface area contributed by atoms with Crippen molar-refractivity contribution in [1.29, 1.82) is 0 Å². The summed E-state index contributed by atoms with van der Waals surface area (Å²) in [4.78, 5) is 25.3. The molecule has 0 unspecified atom stereocenters. The number of rotatable bonds is 5. The van der Waals surface area contributed by atoms with Gasteiger partial charge in [-0.3, -0.25) is 9.51 Å². The van der Waals surface area contributed by atoms with Gasteiger partial charge >= 0.3 is 5.76 Å². The van der Waals surface area contributed by atoms with Gasteiger partial charge in [0.2, 0.25) is 5.82 Å². The number of benzene rings is 1. The largest absolute Gasteiger partial charge is 0.439 e. The van der Waals surface area contributed by atoms with E-state index in [-0.39, 0.29) is 12.4 Å². The molecular weight excluding hydrogens is 376 g/mol. The Hall–Kier alpha value is -2.74. The molecule has 0 radical (unpaired) electrons. The van der Waals surface area contributed by atoms with E-state index in [1.54, 1.807) is 11.3 Å². The van der Waals surface area contributed by atoms with Crippen molar-refractivity contribution >= 4 is 17.0 Å². The van der Waals surface area contributed by atoms with Crippen LogP contribution in [0.4, 0.5) is 0 Å². The second-order valence-corrected chi connectivity index (χ2v) is 8.30. The number of thiazole rings is 1. The first-order chi connectivity index (χ1) is 13.2. The molecule has 0 amide bonds. The number of nitrogens with one attached hydrogen (secondary N) is 1. The quantitative estimate of drug-likeness (QED) is 0.517. The van der Waals surface area contributed by atoms with Crippen LogP contribution in [0.3, 0.4) is 0 Å². The third kappa shape index (κ3) is 3.64. The molecule has 3 rings (SSSR count). The van der Waals surface area contributed by atoms with Crippen LogP contribution in [-0.2, 0) is 11.4 Å². The molecule has 2 aromatic heterocycles. The third-order valence-electron chi connectivity index (χ3n) is 5.26. The van der Waals surface area contributed by atoms with Gasteiger partial charge in [-0.05, 0) is 76.3 Å². The first-order valence-corrected chi connectivity index (χ1v) is 9.78. The van der Waals surface area contributed by atoms with Crippen molar-refractivity contribution in [3.63, 3.8) is 0 Å². The maximum Gasteiger partial charge on any atom is 0.439 e. The molecule has 28 heavy (non-hydrogen) atoms. The highest BCUT2D eigenvalue weighted by Gasteiger charge is 2.22. The van der Waals surface area contributed by atoms with Crippen molar-refractivity contribution in [3.8, 4) is 0 Å². The number of aromatic nitrogens is 3. The van der Waals surface area contributed by atoms with E-state index in [1.165, 1.54) is 16.7 Å². The van der Waals surface area contributed by atoms with Crippen LogP contribution < -0.4 is 5.76 Å². The lowest BCUT2D eigenvalue weighted by Crippen LogP contribution is -2.15. The lowest BCUT2D eigenvalue weighted by Gasteiger charge is -2.18. The number of oxime groups is 1. The summed E-state index contributed by atoms with van der Waals surface area (Å²) < 4.78 is 4.71. The van der Waals surface area contributed by atoms with Gasteiger partial charge in [0.05, 0.1) is 10.7 Å². The summed E-state index contributed by atoms with van der Waals surface area (Å²) >= 11 is 1.62. The van der Waals surface area contributed by atoms with Crippen molar-refractivity contribution in [2.45, 2.75) is 55.1 Å². The fourth-order valence-electron chi connectivity index (χ4n) is 3.26. The van der Waals surface area contributed by atoms with Crippen LogP contribution in [0.5, 0.6) is 0 Å². The summed E-state index contributed by atoms with van der Waals surface area (Å²) in [5, 5.41) is 9.17. The highest BCUT2D eigenvalue weighted by molar-refractivity contribution is 7.11. The van der Waals surface area contributed by atoms with E-state index in [4.69, 9.17) is 9.36 Å². The van der Waals surface area contributed by atoms with Crippen molar-refractivity contribution in [2.24, 2.45) is 5.16 Å². The minimum atomic E-state index is -0.635. The second-order valence-electron chi connectivity index (χ2n) is 6.89. The molecule has 2 heterocycles. The zero-order valence-corrected chi connectivity index (χ0v) is 18.0. The van der Waals surface area contributed by atoms with Gasteiger partial charge in [-0.15, -0.1) is 11.3 Å². The molecule has 0 aliphatic carbocycles. The molecule has 148 valence electrons. The van der Waals surface area contributed by atoms with Crippen LogP contribution in [-0.4, -0.2) is 20.8 Å². The number of H-pyrrole nitrogens is 1. The van der Waals surface area contributed by atoms with Gasteiger partial charge in [0.25, 0.3) is 0 Å². The van der Waals surface area contributed by atoms with Crippen molar-refractivity contribution in [3.05, 3.63) is 65.3 Å². The van der Waals surface area contributed by atoms with Crippen LogP contribution in [0, 0.1) is 48.5 Å². The van der Waals surface area contributed by atoms with E-state index in [0.29, 0.717) is 5.71 Å². The molecule has 0 atom stereocenters. The predicted molar refractivity (Wildman–Crippen MR) is 109 cm³/mol. The molecule has 0 aliphatic heterocycles. The van der Waals surface area contributed by atoms with Gasteiger partial charge in [0.15, 0.2) is 12.3 Å². The van der Waals surface area contributed by atoms with E-state index in [2.05, 4.69) is 41.1 Å². The highest BCUT2D eigenvalue weighted by atomic mass is 32.1. The molecule has 1 aromatic carbocycles. The number of aromatic amines is 1. The van der Waals surface area contributed by atoms with E-state index in [1.807, 2.05) is 27.7 Å². The number of aryl methyl sites for hydroxylation is 2. The van der Waals surface area contributed by atoms with Crippen LogP contribution >= 0.6 is 11.3 Å². The highest BCUT2D eigenvalue weighted by Crippen LogP contribution is 2.28.